The van der Waals surface area contributed by atoms with Gasteiger partial charge in [0.2, 0.25) is 10.0 Å². The predicted octanol–water partition coefficient (Wildman–Crippen LogP) is 0.177. The molecule has 2 aliphatic rings. The van der Waals surface area contributed by atoms with Gasteiger partial charge < -0.3 is 10.1 Å². The number of nitrogens with one attached hydrogen (secondary N) is 1. The maximum absolute atomic E-state index is 12.5. The van der Waals surface area contributed by atoms with E-state index in [4.69, 9.17) is 4.74 Å². The third-order valence-electron chi connectivity index (χ3n) is 3.42. The maximum atomic E-state index is 12.5. The summed E-state index contributed by atoms with van der Waals surface area (Å²) in [6.45, 7) is 6.35. The Bertz CT molecular complexity index is 342. The first kappa shape index (κ1) is 13.3. The molecule has 1 N–H and O–H groups in total. The van der Waals surface area contributed by atoms with E-state index >= 15 is 0 Å². The second-order valence-corrected chi connectivity index (χ2v) is 7.30. The molecule has 2 fully saturated rings. The number of piperidine rings is 1. The van der Waals surface area contributed by atoms with Gasteiger partial charge in [0.15, 0.2) is 0 Å². The van der Waals surface area contributed by atoms with Crippen molar-refractivity contribution in [1.82, 2.24) is 9.62 Å². The van der Waals surface area contributed by atoms with Gasteiger partial charge in [0.25, 0.3) is 0 Å². The minimum absolute atomic E-state index is 0.00919. The summed E-state index contributed by atoms with van der Waals surface area (Å²) in [5.41, 5.74) is 0. The summed E-state index contributed by atoms with van der Waals surface area (Å²) in [6.07, 6.45) is 1.70. The van der Waals surface area contributed by atoms with Gasteiger partial charge in [-0.25, -0.2) is 8.42 Å². The number of rotatable bonds is 2. The van der Waals surface area contributed by atoms with E-state index in [2.05, 4.69) is 5.32 Å². The van der Waals surface area contributed by atoms with Crippen LogP contribution in [0.5, 0.6) is 0 Å². The lowest BCUT2D eigenvalue weighted by atomic mass is 10.2. The highest BCUT2D eigenvalue weighted by molar-refractivity contribution is 7.89. The lowest BCUT2D eigenvalue weighted by Crippen LogP contribution is -2.53. The molecule has 0 amide bonds. The third-order valence-corrected chi connectivity index (χ3v) is 5.68. The monoisotopic (exact) mass is 262 g/mol. The number of hydrogen-bond acceptors (Lipinski definition) is 4. The van der Waals surface area contributed by atoms with Crippen molar-refractivity contribution in [3.8, 4) is 0 Å². The first-order valence-corrected chi connectivity index (χ1v) is 7.85. The molecule has 0 spiro atoms. The quantitative estimate of drug-likeness (QED) is 0.771. The fourth-order valence-electron chi connectivity index (χ4n) is 2.62. The van der Waals surface area contributed by atoms with Gasteiger partial charge in [-0.15, -0.1) is 0 Å². The molecule has 0 aromatic carbocycles. The van der Waals surface area contributed by atoms with Gasteiger partial charge in [-0.05, 0) is 33.2 Å². The van der Waals surface area contributed by atoms with Gasteiger partial charge in [0.1, 0.15) is 0 Å². The summed E-state index contributed by atoms with van der Waals surface area (Å²) in [7, 11) is -3.16. The molecule has 0 aliphatic carbocycles. The van der Waals surface area contributed by atoms with Gasteiger partial charge in [-0.1, -0.05) is 0 Å². The first-order chi connectivity index (χ1) is 8.00. The molecule has 2 saturated heterocycles. The van der Waals surface area contributed by atoms with Crippen molar-refractivity contribution in [1.29, 1.82) is 0 Å². The minimum Gasteiger partial charge on any atom is -0.373 e. The number of sulfonamides is 1. The third kappa shape index (κ3) is 2.99. The predicted molar refractivity (Wildman–Crippen MR) is 66.4 cm³/mol. The highest BCUT2D eigenvalue weighted by Gasteiger charge is 2.36. The highest BCUT2D eigenvalue weighted by Crippen LogP contribution is 2.21. The fourth-order valence-corrected chi connectivity index (χ4v) is 4.67. The zero-order valence-electron chi connectivity index (χ0n) is 10.6. The first-order valence-electron chi connectivity index (χ1n) is 6.35. The van der Waals surface area contributed by atoms with Crippen LogP contribution in [-0.4, -0.2) is 56.4 Å². The van der Waals surface area contributed by atoms with E-state index in [1.807, 2.05) is 13.8 Å². The van der Waals surface area contributed by atoms with Crippen molar-refractivity contribution in [2.24, 2.45) is 0 Å². The van der Waals surface area contributed by atoms with Crippen LogP contribution in [0, 0.1) is 0 Å². The van der Waals surface area contributed by atoms with Crippen molar-refractivity contribution >= 4 is 10.0 Å². The molecule has 3 unspecified atom stereocenters. The summed E-state index contributed by atoms with van der Waals surface area (Å²) in [4.78, 5) is 0. The van der Waals surface area contributed by atoms with Crippen LogP contribution in [-0.2, 0) is 14.8 Å². The Balaban J connectivity index is 2.08. The van der Waals surface area contributed by atoms with Crippen LogP contribution >= 0.6 is 0 Å². The fraction of sp³-hybridized carbons (Fsp3) is 1.00. The molecule has 0 saturated carbocycles. The average Bonchev–Trinajstić information content (AvgIpc) is 2.29. The molecular weight excluding hydrogens is 240 g/mol. The van der Waals surface area contributed by atoms with Crippen LogP contribution in [0.4, 0.5) is 0 Å². The van der Waals surface area contributed by atoms with Crippen molar-refractivity contribution in [2.75, 3.05) is 26.2 Å². The van der Waals surface area contributed by atoms with E-state index in [1.54, 1.807) is 4.31 Å². The number of nitrogens with zero attached hydrogens (tertiary/aromatic N) is 1. The average molecular weight is 262 g/mol. The standard InChI is InChI=1S/C11H22N2O3S/c1-9-7-13(8-10(2)16-9)17(14,15)11-4-3-5-12-6-11/h9-12H,3-8H2,1-2H3. The van der Waals surface area contributed by atoms with Crippen molar-refractivity contribution in [2.45, 2.75) is 44.1 Å². The lowest BCUT2D eigenvalue weighted by Gasteiger charge is -2.37. The molecule has 2 heterocycles. The Labute approximate surface area is 104 Å². The molecule has 100 valence electrons. The van der Waals surface area contributed by atoms with Crippen LogP contribution in [0.25, 0.3) is 0 Å². The van der Waals surface area contributed by atoms with Crippen molar-refractivity contribution in [3.63, 3.8) is 0 Å². The second kappa shape index (κ2) is 5.22. The van der Waals surface area contributed by atoms with Crippen LogP contribution in [0.15, 0.2) is 0 Å². The van der Waals surface area contributed by atoms with Crippen LogP contribution < -0.4 is 5.32 Å². The Morgan fingerprint density at radius 2 is 1.88 bits per heavy atom. The molecule has 0 radical (unpaired) electrons. The Kier molecular flexibility index (Phi) is 4.07. The summed E-state index contributed by atoms with van der Waals surface area (Å²) in [6, 6.07) is 0. The molecule has 17 heavy (non-hydrogen) atoms. The highest BCUT2D eigenvalue weighted by atomic mass is 32.2. The van der Waals surface area contributed by atoms with Crippen molar-refractivity contribution in [3.05, 3.63) is 0 Å². The van der Waals surface area contributed by atoms with E-state index in [0.717, 1.165) is 19.4 Å². The van der Waals surface area contributed by atoms with E-state index < -0.39 is 10.0 Å². The molecule has 2 rings (SSSR count). The Morgan fingerprint density at radius 3 is 2.41 bits per heavy atom. The SMILES string of the molecule is CC1CN(S(=O)(=O)C2CCCNC2)CC(C)O1. The molecule has 3 atom stereocenters. The van der Waals surface area contributed by atoms with Gasteiger partial charge in [-0.3, -0.25) is 0 Å². The normalized spacial score (nSPS) is 36.9. The number of morpholine rings is 1. The van der Waals surface area contributed by atoms with Gasteiger partial charge in [-0.2, -0.15) is 4.31 Å². The maximum Gasteiger partial charge on any atom is 0.218 e. The number of hydrogen-bond donors (Lipinski definition) is 1. The van der Waals surface area contributed by atoms with Crippen LogP contribution in [0.3, 0.4) is 0 Å². The lowest BCUT2D eigenvalue weighted by molar-refractivity contribution is -0.0443. The molecule has 6 heteroatoms. The van der Waals surface area contributed by atoms with Gasteiger partial charge >= 0.3 is 0 Å². The van der Waals surface area contributed by atoms with E-state index in [9.17, 15) is 8.42 Å². The minimum atomic E-state index is -3.16. The molecule has 0 bridgehead atoms. The van der Waals surface area contributed by atoms with Crippen molar-refractivity contribution < 1.29 is 13.2 Å². The molecular formula is C11H22N2O3S. The zero-order valence-corrected chi connectivity index (χ0v) is 11.4. The van der Waals surface area contributed by atoms with Gasteiger partial charge in [0, 0.05) is 19.6 Å². The molecule has 2 aliphatic heterocycles. The summed E-state index contributed by atoms with van der Waals surface area (Å²) >= 11 is 0. The smallest absolute Gasteiger partial charge is 0.218 e. The van der Waals surface area contributed by atoms with Gasteiger partial charge in [0.05, 0.1) is 17.5 Å². The van der Waals surface area contributed by atoms with Crippen LogP contribution in [0.1, 0.15) is 26.7 Å². The van der Waals surface area contributed by atoms with Crippen LogP contribution in [0.2, 0.25) is 0 Å². The second-order valence-electron chi connectivity index (χ2n) is 5.09. The summed E-state index contributed by atoms with van der Waals surface area (Å²) < 4.78 is 32.1. The largest absolute Gasteiger partial charge is 0.373 e. The van der Waals surface area contributed by atoms with E-state index in [-0.39, 0.29) is 17.5 Å². The summed E-state index contributed by atoms with van der Waals surface area (Å²) in [5, 5.41) is 2.91. The number of ether oxygens (including phenoxy) is 1. The molecule has 0 aromatic rings. The Morgan fingerprint density at radius 1 is 1.24 bits per heavy atom. The molecule has 0 aromatic heterocycles. The van der Waals surface area contributed by atoms with E-state index in [0.29, 0.717) is 19.6 Å². The van der Waals surface area contributed by atoms with E-state index in [1.165, 1.54) is 0 Å². The summed E-state index contributed by atoms with van der Waals surface area (Å²) in [5.74, 6) is 0. The zero-order chi connectivity index (χ0) is 12.5. The Hall–Kier alpha value is -0.170. The topological polar surface area (TPSA) is 58.6 Å². The molecule has 5 nitrogen and oxygen atoms in total.